The van der Waals surface area contributed by atoms with E-state index in [1.807, 2.05) is 36.1 Å². The van der Waals surface area contributed by atoms with Crippen LogP contribution in [0.25, 0.3) is 0 Å². The van der Waals surface area contributed by atoms with Crippen LogP contribution in [0.4, 0.5) is 0 Å². The molecule has 1 fully saturated rings. The minimum Gasteiger partial charge on any atom is -0.395 e. The number of hydrogen-bond donors (Lipinski definition) is 1. The lowest BCUT2D eigenvalue weighted by molar-refractivity contribution is -0.0390. The zero-order valence-corrected chi connectivity index (χ0v) is 12.5. The number of Topliss-reactive ketones (excluding diaryl/α,β-unsaturated/α-hetero) is 1. The van der Waals surface area contributed by atoms with Crippen LogP contribution in [0.3, 0.4) is 0 Å². The van der Waals surface area contributed by atoms with E-state index in [4.69, 9.17) is 4.74 Å². The van der Waals surface area contributed by atoms with E-state index in [0.717, 1.165) is 4.47 Å². The van der Waals surface area contributed by atoms with Crippen LogP contribution in [0.15, 0.2) is 28.7 Å². The number of carbonyl (C=O) groups is 1. The summed E-state index contributed by atoms with van der Waals surface area (Å²) in [4.78, 5) is 14.5. The van der Waals surface area contributed by atoms with E-state index in [1.165, 1.54) is 0 Å². The number of morpholine rings is 1. The maximum absolute atomic E-state index is 12.4. The highest BCUT2D eigenvalue weighted by molar-refractivity contribution is 9.10. The van der Waals surface area contributed by atoms with Crippen LogP contribution < -0.4 is 0 Å². The third-order valence-electron chi connectivity index (χ3n) is 3.49. The molecule has 5 heteroatoms. The van der Waals surface area contributed by atoms with Gasteiger partial charge < -0.3 is 9.84 Å². The molecule has 2 rings (SSSR count). The average molecular weight is 328 g/mol. The average Bonchev–Trinajstić information content (AvgIpc) is 2.46. The molecule has 4 nitrogen and oxygen atoms in total. The summed E-state index contributed by atoms with van der Waals surface area (Å²) in [6, 6.07) is 7.02. The van der Waals surface area contributed by atoms with Gasteiger partial charge in [0.1, 0.15) is 0 Å². The first-order valence-corrected chi connectivity index (χ1v) is 7.17. The quantitative estimate of drug-likeness (QED) is 0.855. The van der Waals surface area contributed by atoms with E-state index in [0.29, 0.717) is 25.3 Å². The van der Waals surface area contributed by atoms with Gasteiger partial charge >= 0.3 is 0 Å². The molecule has 0 spiro atoms. The number of carbonyl (C=O) groups excluding carboxylic acids is 1. The topological polar surface area (TPSA) is 49.8 Å². The molecule has 1 aromatic carbocycles. The second-order valence-electron chi connectivity index (χ2n) is 4.70. The van der Waals surface area contributed by atoms with Crippen LogP contribution in [0.1, 0.15) is 17.3 Å². The van der Waals surface area contributed by atoms with E-state index in [-0.39, 0.29) is 24.5 Å². The van der Waals surface area contributed by atoms with E-state index in [1.54, 1.807) is 0 Å². The van der Waals surface area contributed by atoms with Gasteiger partial charge in [0.25, 0.3) is 0 Å². The van der Waals surface area contributed by atoms with Crippen molar-refractivity contribution in [1.29, 1.82) is 0 Å². The largest absolute Gasteiger partial charge is 0.395 e. The molecule has 0 aliphatic carbocycles. The van der Waals surface area contributed by atoms with Gasteiger partial charge in [0.2, 0.25) is 0 Å². The molecule has 0 bridgehead atoms. The molecule has 1 aromatic rings. The first kappa shape index (κ1) is 14.7. The Morgan fingerprint density at radius 3 is 2.84 bits per heavy atom. The summed E-state index contributed by atoms with van der Waals surface area (Å²) in [7, 11) is 0. The number of benzene rings is 1. The van der Waals surface area contributed by atoms with Gasteiger partial charge in [0, 0.05) is 16.6 Å². The maximum atomic E-state index is 12.4. The molecule has 0 radical (unpaired) electrons. The second kappa shape index (κ2) is 6.61. The van der Waals surface area contributed by atoms with Gasteiger partial charge in [-0.2, -0.15) is 0 Å². The molecule has 1 aliphatic rings. The number of rotatable bonds is 4. The zero-order valence-electron chi connectivity index (χ0n) is 10.9. The number of nitrogens with zero attached hydrogens (tertiary/aromatic N) is 1. The summed E-state index contributed by atoms with van der Waals surface area (Å²) in [6.45, 7) is 3.66. The Hall–Kier alpha value is -0.750. The fraction of sp³-hybridized carbons (Fsp3) is 0.500. The normalized spacial score (nSPS) is 22.2. The minimum absolute atomic E-state index is 0.0119. The van der Waals surface area contributed by atoms with E-state index in [9.17, 15) is 9.90 Å². The molecular formula is C14H18BrNO3. The molecule has 1 saturated heterocycles. The van der Waals surface area contributed by atoms with Crippen molar-refractivity contribution in [2.45, 2.75) is 19.0 Å². The number of aliphatic hydroxyl groups is 1. The predicted molar refractivity (Wildman–Crippen MR) is 76.3 cm³/mol. The van der Waals surface area contributed by atoms with Gasteiger partial charge in [0.15, 0.2) is 5.78 Å². The van der Waals surface area contributed by atoms with Gasteiger partial charge in [-0.15, -0.1) is 0 Å². The van der Waals surface area contributed by atoms with Gasteiger partial charge in [-0.3, -0.25) is 9.69 Å². The third kappa shape index (κ3) is 3.42. The molecule has 2 unspecified atom stereocenters. The minimum atomic E-state index is -0.248. The van der Waals surface area contributed by atoms with Crippen molar-refractivity contribution in [3.8, 4) is 0 Å². The van der Waals surface area contributed by atoms with Crippen LogP contribution in [0, 0.1) is 0 Å². The fourth-order valence-electron chi connectivity index (χ4n) is 2.34. The van der Waals surface area contributed by atoms with Crippen LogP contribution >= 0.6 is 15.9 Å². The van der Waals surface area contributed by atoms with Crippen LogP contribution in [0.5, 0.6) is 0 Å². The Morgan fingerprint density at radius 1 is 1.53 bits per heavy atom. The summed E-state index contributed by atoms with van der Waals surface area (Å²) in [5.74, 6) is 0.0767. The van der Waals surface area contributed by atoms with Gasteiger partial charge in [-0.25, -0.2) is 0 Å². The Kier molecular flexibility index (Phi) is 5.10. The molecule has 0 aromatic heterocycles. The lowest BCUT2D eigenvalue weighted by Crippen LogP contribution is -2.53. The monoisotopic (exact) mass is 327 g/mol. The van der Waals surface area contributed by atoms with Crippen LogP contribution in [0.2, 0.25) is 0 Å². The van der Waals surface area contributed by atoms with E-state index >= 15 is 0 Å². The van der Waals surface area contributed by atoms with Crippen LogP contribution in [-0.2, 0) is 4.74 Å². The van der Waals surface area contributed by atoms with Crippen molar-refractivity contribution in [2.24, 2.45) is 0 Å². The van der Waals surface area contributed by atoms with Gasteiger partial charge in [-0.1, -0.05) is 28.1 Å². The van der Waals surface area contributed by atoms with Crippen molar-refractivity contribution < 1.29 is 14.6 Å². The molecular weight excluding hydrogens is 310 g/mol. The number of ether oxygens (including phenoxy) is 1. The van der Waals surface area contributed by atoms with Crippen molar-refractivity contribution in [3.05, 3.63) is 34.3 Å². The molecule has 0 saturated carbocycles. The summed E-state index contributed by atoms with van der Waals surface area (Å²) in [6.07, 6.45) is 0. The summed E-state index contributed by atoms with van der Waals surface area (Å²) < 4.78 is 6.29. The molecule has 1 heterocycles. The van der Waals surface area contributed by atoms with E-state index < -0.39 is 0 Å². The molecule has 1 N–H and O–H groups in total. The second-order valence-corrected chi connectivity index (χ2v) is 5.61. The Morgan fingerprint density at radius 2 is 2.21 bits per heavy atom. The lowest BCUT2D eigenvalue weighted by Gasteiger charge is -2.38. The Labute approximate surface area is 121 Å². The number of ketones is 1. The first-order valence-electron chi connectivity index (χ1n) is 6.37. The van der Waals surface area contributed by atoms with Crippen LogP contribution in [-0.4, -0.2) is 54.2 Å². The van der Waals surface area contributed by atoms with E-state index in [2.05, 4.69) is 15.9 Å². The predicted octanol–water partition coefficient (Wildman–Crippen LogP) is 1.71. The number of aliphatic hydroxyl groups excluding tert-OH is 1. The smallest absolute Gasteiger partial charge is 0.179 e. The molecule has 2 atom stereocenters. The Bertz CT molecular complexity index is 435. The van der Waals surface area contributed by atoms with Crippen molar-refractivity contribution in [3.63, 3.8) is 0 Å². The SMILES string of the molecule is CC(C(=O)c1ccc(Br)cc1)N1CCOCC1CO. The van der Waals surface area contributed by atoms with Crippen molar-refractivity contribution in [1.82, 2.24) is 4.90 Å². The molecule has 1 aliphatic heterocycles. The summed E-state index contributed by atoms with van der Waals surface area (Å²) in [5, 5.41) is 9.36. The number of halogens is 1. The van der Waals surface area contributed by atoms with Gasteiger partial charge in [-0.05, 0) is 19.1 Å². The lowest BCUT2D eigenvalue weighted by atomic mass is 10.0. The van der Waals surface area contributed by atoms with Gasteiger partial charge in [0.05, 0.1) is 31.9 Å². The highest BCUT2D eigenvalue weighted by atomic mass is 79.9. The van der Waals surface area contributed by atoms with Crippen molar-refractivity contribution in [2.75, 3.05) is 26.4 Å². The molecule has 104 valence electrons. The number of hydrogen-bond acceptors (Lipinski definition) is 4. The Balaban J connectivity index is 2.11. The standard InChI is InChI=1S/C14H18BrNO3/c1-10(16-6-7-19-9-13(16)8-17)14(18)11-2-4-12(15)5-3-11/h2-5,10,13,17H,6-9H2,1H3. The maximum Gasteiger partial charge on any atom is 0.179 e. The fourth-order valence-corrected chi connectivity index (χ4v) is 2.61. The van der Waals surface area contributed by atoms with Crippen molar-refractivity contribution >= 4 is 21.7 Å². The zero-order chi connectivity index (χ0) is 13.8. The first-order chi connectivity index (χ1) is 9.13. The summed E-state index contributed by atoms with van der Waals surface area (Å²) in [5.41, 5.74) is 0.693. The third-order valence-corrected chi connectivity index (χ3v) is 4.02. The highest BCUT2D eigenvalue weighted by Gasteiger charge is 2.30. The molecule has 0 amide bonds. The highest BCUT2D eigenvalue weighted by Crippen LogP contribution is 2.17. The molecule has 19 heavy (non-hydrogen) atoms. The summed E-state index contributed by atoms with van der Waals surface area (Å²) >= 11 is 3.36.